The zero-order valence-corrected chi connectivity index (χ0v) is 14.1. The normalized spacial score (nSPS) is 25.6. The van der Waals surface area contributed by atoms with Crippen LogP contribution in [0, 0.1) is 6.92 Å². The lowest BCUT2D eigenvalue weighted by Crippen LogP contribution is -2.51. The molecule has 4 nitrogen and oxygen atoms in total. The van der Waals surface area contributed by atoms with Gasteiger partial charge in [0.1, 0.15) is 5.60 Å². The molecule has 0 heterocycles. The maximum atomic E-state index is 11.9. The molecular formula is C18H28N2O2. The van der Waals surface area contributed by atoms with Crippen LogP contribution in [0.4, 0.5) is 4.79 Å². The average Bonchev–Trinajstić information content (AvgIpc) is 2.39. The van der Waals surface area contributed by atoms with E-state index >= 15 is 0 Å². The summed E-state index contributed by atoms with van der Waals surface area (Å²) in [5, 5.41) is 2.92. The standard InChI is InChI=1S/C18H28N2O2/c1-12-6-5-7-13(10-12)14-8-9-16(15(19)11-14)20-17(21)22-18(2,3)4/h5-7,10,14-16H,8-9,11,19H2,1-4H3,(H,20,21)/t14-,15-,16-/m0/s1. The van der Waals surface area contributed by atoms with Crippen LogP contribution in [-0.4, -0.2) is 23.8 Å². The van der Waals surface area contributed by atoms with Crippen LogP contribution < -0.4 is 11.1 Å². The van der Waals surface area contributed by atoms with Crippen molar-refractivity contribution in [3.8, 4) is 0 Å². The van der Waals surface area contributed by atoms with Gasteiger partial charge in [-0.2, -0.15) is 0 Å². The van der Waals surface area contributed by atoms with Crippen LogP contribution in [-0.2, 0) is 4.74 Å². The molecule has 0 spiro atoms. The van der Waals surface area contributed by atoms with E-state index in [2.05, 4.69) is 36.5 Å². The number of ether oxygens (including phenoxy) is 1. The molecule has 1 saturated carbocycles. The van der Waals surface area contributed by atoms with Crippen LogP contribution in [0.2, 0.25) is 0 Å². The molecule has 0 radical (unpaired) electrons. The van der Waals surface area contributed by atoms with E-state index in [-0.39, 0.29) is 18.2 Å². The SMILES string of the molecule is Cc1cccc([C@H]2CC[C@H](NC(=O)OC(C)(C)C)[C@@H](N)C2)c1. The first-order valence-corrected chi connectivity index (χ1v) is 8.06. The summed E-state index contributed by atoms with van der Waals surface area (Å²) >= 11 is 0. The Morgan fingerprint density at radius 3 is 2.64 bits per heavy atom. The zero-order chi connectivity index (χ0) is 16.3. The molecule has 1 fully saturated rings. The average molecular weight is 304 g/mol. The van der Waals surface area contributed by atoms with Gasteiger partial charge in [-0.25, -0.2) is 4.79 Å². The second-order valence-electron chi connectivity index (χ2n) is 7.34. The van der Waals surface area contributed by atoms with E-state index in [4.69, 9.17) is 10.5 Å². The van der Waals surface area contributed by atoms with Gasteiger partial charge in [-0.05, 0) is 58.4 Å². The van der Waals surface area contributed by atoms with Crippen LogP contribution in [0.5, 0.6) is 0 Å². The van der Waals surface area contributed by atoms with E-state index in [1.165, 1.54) is 11.1 Å². The Hall–Kier alpha value is -1.55. The van der Waals surface area contributed by atoms with Crippen molar-refractivity contribution in [1.82, 2.24) is 5.32 Å². The van der Waals surface area contributed by atoms with Gasteiger partial charge in [0.25, 0.3) is 0 Å². The van der Waals surface area contributed by atoms with Crippen LogP contribution in [0.15, 0.2) is 24.3 Å². The van der Waals surface area contributed by atoms with E-state index in [1.807, 2.05) is 20.8 Å². The minimum absolute atomic E-state index is 0.00379. The number of hydrogen-bond donors (Lipinski definition) is 2. The third-order valence-corrected chi connectivity index (χ3v) is 4.12. The largest absolute Gasteiger partial charge is 0.444 e. The minimum Gasteiger partial charge on any atom is -0.444 e. The molecule has 1 amide bonds. The number of rotatable bonds is 2. The zero-order valence-electron chi connectivity index (χ0n) is 14.1. The molecule has 0 bridgehead atoms. The predicted molar refractivity (Wildman–Crippen MR) is 88.9 cm³/mol. The maximum absolute atomic E-state index is 11.9. The minimum atomic E-state index is -0.479. The van der Waals surface area contributed by atoms with Crippen LogP contribution in [0.1, 0.15) is 57.1 Å². The van der Waals surface area contributed by atoms with Crippen molar-refractivity contribution in [2.45, 2.75) is 70.6 Å². The van der Waals surface area contributed by atoms with Gasteiger partial charge in [0, 0.05) is 12.1 Å². The topological polar surface area (TPSA) is 64.3 Å². The molecule has 0 saturated heterocycles. The highest BCUT2D eigenvalue weighted by atomic mass is 16.6. The number of aryl methyl sites for hydroxylation is 1. The molecule has 3 N–H and O–H groups in total. The van der Waals surface area contributed by atoms with E-state index in [0.717, 1.165) is 19.3 Å². The fourth-order valence-electron chi connectivity index (χ4n) is 3.07. The Morgan fingerprint density at radius 1 is 1.32 bits per heavy atom. The monoisotopic (exact) mass is 304 g/mol. The van der Waals surface area contributed by atoms with Crippen LogP contribution >= 0.6 is 0 Å². The molecule has 0 aliphatic heterocycles. The van der Waals surface area contributed by atoms with Gasteiger partial charge in [0.05, 0.1) is 0 Å². The van der Waals surface area contributed by atoms with Gasteiger partial charge in [-0.15, -0.1) is 0 Å². The Labute approximate surface area is 133 Å². The lowest BCUT2D eigenvalue weighted by atomic mass is 9.79. The number of amides is 1. The quantitative estimate of drug-likeness (QED) is 0.879. The van der Waals surface area contributed by atoms with E-state index in [0.29, 0.717) is 5.92 Å². The highest BCUT2D eigenvalue weighted by Crippen LogP contribution is 2.32. The van der Waals surface area contributed by atoms with Crippen molar-refractivity contribution in [2.24, 2.45) is 5.73 Å². The van der Waals surface area contributed by atoms with Gasteiger partial charge in [0.2, 0.25) is 0 Å². The number of carbonyl (C=O) groups is 1. The molecule has 3 atom stereocenters. The van der Waals surface area contributed by atoms with Crippen molar-refractivity contribution in [3.63, 3.8) is 0 Å². The number of nitrogens with one attached hydrogen (secondary N) is 1. The molecular weight excluding hydrogens is 276 g/mol. The first-order chi connectivity index (χ1) is 10.2. The predicted octanol–water partition coefficient (Wildman–Crippen LogP) is 3.48. The summed E-state index contributed by atoms with van der Waals surface area (Å²) in [7, 11) is 0. The lowest BCUT2D eigenvalue weighted by Gasteiger charge is -2.35. The van der Waals surface area contributed by atoms with Crippen LogP contribution in [0.25, 0.3) is 0 Å². The number of benzene rings is 1. The fraction of sp³-hybridized carbons (Fsp3) is 0.611. The number of carbonyl (C=O) groups excluding carboxylic acids is 1. The third kappa shape index (κ3) is 4.73. The Balaban J connectivity index is 1.91. The van der Waals surface area contributed by atoms with Crippen molar-refractivity contribution < 1.29 is 9.53 Å². The summed E-state index contributed by atoms with van der Waals surface area (Å²) in [6, 6.07) is 8.58. The first kappa shape index (κ1) is 16.8. The van der Waals surface area contributed by atoms with Gasteiger partial charge in [-0.1, -0.05) is 29.8 Å². The highest BCUT2D eigenvalue weighted by Gasteiger charge is 2.31. The summed E-state index contributed by atoms with van der Waals surface area (Å²) in [6.07, 6.45) is 2.45. The summed E-state index contributed by atoms with van der Waals surface area (Å²) in [4.78, 5) is 11.9. The Kier molecular flexibility index (Phi) is 5.12. The molecule has 1 aromatic rings. The van der Waals surface area contributed by atoms with Crippen molar-refractivity contribution in [3.05, 3.63) is 35.4 Å². The summed E-state index contributed by atoms with van der Waals surface area (Å²) < 4.78 is 5.31. The summed E-state index contributed by atoms with van der Waals surface area (Å²) in [5.41, 5.74) is 8.44. The number of alkyl carbamates (subject to hydrolysis) is 1. The second kappa shape index (κ2) is 6.69. The fourth-order valence-corrected chi connectivity index (χ4v) is 3.07. The van der Waals surface area contributed by atoms with E-state index in [9.17, 15) is 4.79 Å². The molecule has 22 heavy (non-hydrogen) atoms. The summed E-state index contributed by atoms with van der Waals surface area (Å²) in [5.74, 6) is 0.478. The molecule has 2 rings (SSSR count). The van der Waals surface area contributed by atoms with Gasteiger partial charge in [0.15, 0.2) is 0 Å². The Morgan fingerprint density at radius 2 is 2.05 bits per heavy atom. The van der Waals surface area contributed by atoms with Gasteiger partial charge in [-0.3, -0.25) is 0 Å². The van der Waals surface area contributed by atoms with Crippen molar-refractivity contribution >= 4 is 6.09 Å². The molecule has 4 heteroatoms. The molecule has 1 aromatic carbocycles. The number of hydrogen-bond acceptors (Lipinski definition) is 3. The van der Waals surface area contributed by atoms with Gasteiger partial charge < -0.3 is 15.8 Å². The second-order valence-corrected chi connectivity index (χ2v) is 7.34. The molecule has 0 unspecified atom stereocenters. The lowest BCUT2D eigenvalue weighted by molar-refractivity contribution is 0.0483. The van der Waals surface area contributed by atoms with Crippen molar-refractivity contribution in [2.75, 3.05) is 0 Å². The molecule has 122 valence electrons. The maximum Gasteiger partial charge on any atom is 0.407 e. The smallest absolute Gasteiger partial charge is 0.407 e. The third-order valence-electron chi connectivity index (χ3n) is 4.12. The molecule has 1 aliphatic carbocycles. The first-order valence-electron chi connectivity index (χ1n) is 8.06. The van der Waals surface area contributed by atoms with Crippen molar-refractivity contribution in [1.29, 1.82) is 0 Å². The number of nitrogens with two attached hydrogens (primary N) is 1. The van der Waals surface area contributed by atoms with E-state index in [1.54, 1.807) is 0 Å². The van der Waals surface area contributed by atoms with Crippen LogP contribution in [0.3, 0.4) is 0 Å². The Bertz CT molecular complexity index is 522. The van der Waals surface area contributed by atoms with E-state index < -0.39 is 5.60 Å². The van der Waals surface area contributed by atoms with Gasteiger partial charge >= 0.3 is 6.09 Å². The highest BCUT2D eigenvalue weighted by molar-refractivity contribution is 5.68. The summed E-state index contributed by atoms with van der Waals surface area (Å²) in [6.45, 7) is 7.70. The molecule has 0 aromatic heterocycles. The molecule has 1 aliphatic rings.